The zero-order valence-corrected chi connectivity index (χ0v) is 26.0. The molecule has 2 unspecified atom stereocenters. The van der Waals surface area contributed by atoms with E-state index in [0.717, 1.165) is 19.3 Å². The predicted octanol–water partition coefficient (Wildman–Crippen LogP) is 6.53. The third-order valence-corrected chi connectivity index (χ3v) is 7.57. The maximum absolute atomic E-state index is 11.8. The molecule has 0 aromatic carbocycles. The Labute approximate surface area is 234 Å². The molecule has 228 valence electrons. The number of carbonyl (C=O) groups is 1. The molecule has 0 saturated heterocycles. The number of phosphoric acid groups is 1. The normalized spacial score (nSPS) is 14.4. The van der Waals surface area contributed by atoms with Crippen LogP contribution >= 0.6 is 7.82 Å². The molecule has 0 aliphatic carbocycles. The minimum absolute atomic E-state index is 0.00520. The van der Waals surface area contributed by atoms with Crippen LogP contribution in [0.4, 0.5) is 0 Å². The standard InChI is InChI=1S/C29H60NO7P/c1-5-6-7-8-9-10-11-12-13-14-15-16-17-18-19-20-21-22-23-29(32)35-26-28(31)27-37-38(33,34)36-25-24-30(2,3)4/h28,31H,5-27H2,1-4H3. The van der Waals surface area contributed by atoms with Crippen molar-refractivity contribution in [3.05, 3.63) is 0 Å². The molecule has 0 aromatic heterocycles. The van der Waals surface area contributed by atoms with Crippen LogP contribution in [0.3, 0.4) is 0 Å². The van der Waals surface area contributed by atoms with Crippen molar-refractivity contribution < 1.29 is 37.6 Å². The Morgan fingerprint density at radius 3 is 1.58 bits per heavy atom. The number of quaternary nitrogens is 1. The highest BCUT2D eigenvalue weighted by molar-refractivity contribution is 7.45. The fourth-order valence-electron chi connectivity index (χ4n) is 4.12. The largest absolute Gasteiger partial charge is 0.756 e. The molecule has 2 atom stereocenters. The lowest BCUT2D eigenvalue weighted by atomic mass is 10.0. The van der Waals surface area contributed by atoms with E-state index >= 15 is 0 Å². The molecule has 1 N–H and O–H groups in total. The lowest BCUT2D eigenvalue weighted by molar-refractivity contribution is -0.870. The van der Waals surface area contributed by atoms with Crippen molar-refractivity contribution in [1.29, 1.82) is 0 Å². The number of aliphatic hydroxyl groups is 1. The van der Waals surface area contributed by atoms with Gasteiger partial charge in [-0.1, -0.05) is 116 Å². The molecular formula is C29H60NO7P. The summed E-state index contributed by atoms with van der Waals surface area (Å²) in [5.74, 6) is -0.384. The number of aliphatic hydroxyl groups excluding tert-OH is 1. The Morgan fingerprint density at radius 2 is 1.16 bits per heavy atom. The summed E-state index contributed by atoms with van der Waals surface area (Å²) in [6, 6.07) is 0. The van der Waals surface area contributed by atoms with Crippen LogP contribution < -0.4 is 4.89 Å². The molecule has 38 heavy (non-hydrogen) atoms. The van der Waals surface area contributed by atoms with E-state index < -0.39 is 20.5 Å². The van der Waals surface area contributed by atoms with Crippen molar-refractivity contribution in [1.82, 2.24) is 0 Å². The third kappa shape index (κ3) is 28.5. The molecule has 0 aliphatic rings. The highest BCUT2D eigenvalue weighted by atomic mass is 31.2. The van der Waals surface area contributed by atoms with Crippen LogP contribution in [0.25, 0.3) is 0 Å². The van der Waals surface area contributed by atoms with Gasteiger partial charge in [-0.3, -0.25) is 9.36 Å². The summed E-state index contributed by atoms with van der Waals surface area (Å²) in [4.78, 5) is 23.5. The Hall–Kier alpha value is -0.500. The third-order valence-electron chi connectivity index (χ3n) is 6.61. The topological polar surface area (TPSA) is 105 Å². The Bertz CT molecular complexity index is 598. The van der Waals surface area contributed by atoms with Gasteiger partial charge in [0.05, 0.1) is 27.7 Å². The second-order valence-corrected chi connectivity index (χ2v) is 13.1. The number of esters is 1. The first-order chi connectivity index (χ1) is 18.1. The molecule has 8 nitrogen and oxygen atoms in total. The summed E-state index contributed by atoms with van der Waals surface area (Å²) >= 11 is 0. The number of likely N-dealkylation sites (N-methyl/N-ethyl adjacent to an activating group) is 1. The molecule has 0 radical (unpaired) electrons. The monoisotopic (exact) mass is 565 g/mol. The SMILES string of the molecule is CCCCCCCCCCCCCCCCCCCCC(=O)OCC(O)COP(=O)([O-])OCC[N+](C)(C)C. The molecule has 0 rings (SSSR count). The van der Waals surface area contributed by atoms with Crippen molar-refractivity contribution in [3.63, 3.8) is 0 Å². The summed E-state index contributed by atoms with van der Waals surface area (Å²) in [5, 5.41) is 9.82. The number of hydrogen-bond acceptors (Lipinski definition) is 7. The molecular weight excluding hydrogens is 505 g/mol. The summed E-state index contributed by atoms with van der Waals surface area (Å²) < 4.78 is 26.7. The Balaban J connectivity index is 3.46. The maximum atomic E-state index is 11.8. The van der Waals surface area contributed by atoms with Gasteiger partial charge in [0.15, 0.2) is 0 Å². The first kappa shape index (κ1) is 37.5. The molecule has 0 amide bonds. The molecule has 0 spiro atoms. The highest BCUT2D eigenvalue weighted by Gasteiger charge is 2.16. The number of rotatable bonds is 28. The summed E-state index contributed by atoms with van der Waals surface area (Å²) in [6.45, 7) is 1.96. The van der Waals surface area contributed by atoms with Gasteiger partial charge in [-0.2, -0.15) is 0 Å². The minimum atomic E-state index is -4.49. The smallest absolute Gasteiger partial charge is 0.305 e. The van der Waals surface area contributed by atoms with E-state index in [1.54, 1.807) is 0 Å². The van der Waals surface area contributed by atoms with Crippen LogP contribution in [0, 0.1) is 0 Å². The molecule has 0 aliphatic heterocycles. The van der Waals surface area contributed by atoms with Crippen molar-refractivity contribution >= 4 is 13.8 Å². The number of nitrogens with zero attached hydrogens (tertiary/aromatic N) is 1. The van der Waals surface area contributed by atoms with Gasteiger partial charge in [-0.15, -0.1) is 0 Å². The number of phosphoric ester groups is 1. The Kier molecular flexibility index (Phi) is 24.0. The van der Waals surface area contributed by atoms with Crippen molar-refractivity contribution in [2.45, 2.75) is 135 Å². The second-order valence-electron chi connectivity index (χ2n) is 11.7. The van der Waals surface area contributed by atoms with Gasteiger partial charge in [-0.05, 0) is 6.42 Å². The molecule has 0 bridgehead atoms. The van der Waals surface area contributed by atoms with Crippen LogP contribution in [-0.4, -0.2) is 69.2 Å². The Morgan fingerprint density at radius 1 is 0.737 bits per heavy atom. The fraction of sp³-hybridized carbons (Fsp3) is 0.966. The summed E-state index contributed by atoms with van der Waals surface area (Å²) in [7, 11) is 1.26. The number of hydrogen-bond donors (Lipinski definition) is 1. The number of ether oxygens (including phenoxy) is 1. The van der Waals surface area contributed by atoms with Crippen LogP contribution in [0.15, 0.2) is 0 Å². The van der Waals surface area contributed by atoms with E-state index in [1.165, 1.54) is 96.3 Å². The fourth-order valence-corrected chi connectivity index (χ4v) is 4.86. The quantitative estimate of drug-likeness (QED) is 0.0498. The van der Waals surface area contributed by atoms with Gasteiger partial charge in [0, 0.05) is 6.42 Å². The van der Waals surface area contributed by atoms with Gasteiger partial charge >= 0.3 is 5.97 Å². The lowest BCUT2D eigenvalue weighted by Crippen LogP contribution is -2.37. The van der Waals surface area contributed by atoms with Gasteiger partial charge in [0.2, 0.25) is 0 Å². The minimum Gasteiger partial charge on any atom is -0.756 e. The first-order valence-electron chi connectivity index (χ1n) is 15.3. The summed E-state index contributed by atoms with van der Waals surface area (Å²) in [5.41, 5.74) is 0. The van der Waals surface area contributed by atoms with E-state index in [0.29, 0.717) is 17.4 Å². The van der Waals surface area contributed by atoms with Crippen LogP contribution in [0.5, 0.6) is 0 Å². The van der Waals surface area contributed by atoms with Gasteiger partial charge in [0.1, 0.15) is 25.9 Å². The van der Waals surface area contributed by atoms with Crippen LogP contribution in [0.1, 0.15) is 129 Å². The number of carbonyl (C=O) groups excluding carboxylic acids is 1. The highest BCUT2D eigenvalue weighted by Crippen LogP contribution is 2.38. The lowest BCUT2D eigenvalue weighted by Gasteiger charge is -2.27. The van der Waals surface area contributed by atoms with Crippen molar-refractivity contribution in [2.75, 3.05) is 47.5 Å². The average Bonchev–Trinajstić information content (AvgIpc) is 2.84. The second kappa shape index (κ2) is 24.3. The predicted molar refractivity (Wildman–Crippen MR) is 153 cm³/mol. The average molecular weight is 566 g/mol. The van der Waals surface area contributed by atoms with E-state index in [2.05, 4.69) is 11.4 Å². The van der Waals surface area contributed by atoms with Crippen molar-refractivity contribution in [2.24, 2.45) is 0 Å². The molecule has 9 heteroatoms. The van der Waals surface area contributed by atoms with Gasteiger partial charge < -0.3 is 28.3 Å². The maximum Gasteiger partial charge on any atom is 0.305 e. The number of unbranched alkanes of at least 4 members (excludes halogenated alkanes) is 17. The van der Waals surface area contributed by atoms with E-state index in [1.807, 2.05) is 21.1 Å². The zero-order chi connectivity index (χ0) is 28.5. The molecule has 0 heterocycles. The van der Waals surface area contributed by atoms with Crippen molar-refractivity contribution in [3.8, 4) is 0 Å². The molecule has 0 aromatic rings. The van der Waals surface area contributed by atoms with Gasteiger partial charge in [0.25, 0.3) is 7.82 Å². The summed E-state index contributed by atoms with van der Waals surface area (Å²) in [6.07, 6.45) is 22.4. The van der Waals surface area contributed by atoms with Crippen LogP contribution in [-0.2, 0) is 23.1 Å². The van der Waals surface area contributed by atoms with Gasteiger partial charge in [-0.25, -0.2) is 0 Å². The zero-order valence-electron chi connectivity index (χ0n) is 25.1. The first-order valence-corrected chi connectivity index (χ1v) is 16.8. The van der Waals surface area contributed by atoms with Crippen LogP contribution in [0.2, 0.25) is 0 Å². The van der Waals surface area contributed by atoms with E-state index in [4.69, 9.17) is 9.26 Å². The van der Waals surface area contributed by atoms with E-state index in [-0.39, 0.29) is 19.2 Å². The van der Waals surface area contributed by atoms with E-state index in [9.17, 15) is 19.4 Å². The molecule has 0 fully saturated rings. The molecule has 0 saturated carbocycles.